The molecule has 0 saturated heterocycles. The summed E-state index contributed by atoms with van der Waals surface area (Å²) in [4.78, 5) is 1.24. The number of likely N-dealkylation sites (N-methyl/N-ethyl adjacent to an activating group) is 1. The molecule has 0 aliphatic rings. The van der Waals surface area contributed by atoms with Crippen molar-refractivity contribution in [1.82, 2.24) is 5.32 Å². The van der Waals surface area contributed by atoms with E-state index in [0.717, 1.165) is 27.8 Å². The first-order chi connectivity index (χ1) is 10.1. The number of halogens is 2. The SMILES string of the molecule is CNC(CSc1ccc(Br)cc1)Cc1cc(F)ccc1C. The van der Waals surface area contributed by atoms with Crippen LogP contribution in [0.3, 0.4) is 0 Å². The number of rotatable bonds is 6. The van der Waals surface area contributed by atoms with Crippen molar-refractivity contribution < 1.29 is 4.39 Å². The first-order valence-electron chi connectivity index (χ1n) is 6.89. The van der Waals surface area contributed by atoms with Crippen molar-refractivity contribution in [2.45, 2.75) is 24.3 Å². The van der Waals surface area contributed by atoms with E-state index in [-0.39, 0.29) is 5.82 Å². The Bertz CT molecular complexity index is 586. The normalized spacial score (nSPS) is 12.4. The van der Waals surface area contributed by atoms with E-state index in [2.05, 4.69) is 33.4 Å². The molecule has 0 aliphatic carbocycles. The molecule has 0 amide bonds. The maximum atomic E-state index is 13.4. The van der Waals surface area contributed by atoms with Gasteiger partial charge in [0.05, 0.1) is 0 Å². The summed E-state index contributed by atoms with van der Waals surface area (Å²) in [5.41, 5.74) is 2.22. The molecule has 21 heavy (non-hydrogen) atoms. The highest BCUT2D eigenvalue weighted by Gasteiger charge is 2.10. The van der Waals surface area contributed by atoms with Crippen LogP contribution in [0.25, 0.3) is 0 Å². The summed E-state index contributed by atoms with van der Waals surface area (Å²) in [6.45, 7) is 2.03. The van der Waals surface area contributed by atoms with Crippen LogP contribution in [0.5, 0.6) is 0 Å². The van der Waals surface area contributed by atoms with Crippen LogP contribution in [0.15, 0.2) is 51.8 Å². The van der Waals surface area contributed by atoms with Gasteiger partial charge in [-0.15, -0.1) is 11.8 Å². The summed E-state index contributed by atoms with van der Waals surface area (Å²) in [6, 6.07) is 13.6. The van der Waals surface area contributed by atoms with Gasteiger partial charge in [0.25, 0.3) is 0 Å². The lowest BCUT2D eigenvalue weighted by Crippen LogP contribution is -2.30. The molecular formula is C17H19BrFNS. The van der Waals surface area contributed by atoms with Gasteiger partial charge >= 0.3 is 0 Å². The van der Waals surface area contributed by atoms with Crippen molar-refractivity contribution in [2.75, 3.05) is 12.8 Å². The molecule has 1 atom stereocenters. The Morgan fingerprint density at radius 1 is 1.19 bits per heavy atom. The molecule has 0 radical (unpaired) electrons. The highest BCUT2D eigenvalue weighted by Crippen LogP contribution is 2.22. The van der Waals surface area contributed by atoms with E-state index < -0.39 is 0 Å². The third-order valence-electron chi connectivity index (χ3n) is 3.45. The van der Waals surface area contributed by atoms with Gasteiger partial charge in [-0.3, -0.25) is 0 Å². The minimum absolute atomic E-state index is 0.161. The standard InChI is InChI=1S/C17H19BrFNS/c1-12-3-6-15(19)9-13(12)10-16(20-2)11-21-17-7-4-14(18)5-8-17/h3-9,16,20H,10-11H2,1-2H3. The molecule has 0 heterocycles. The Hall–Kier alpha value is -0.840. The predicted molar refractivity (Wildman–Crippen MR) is 92.6 cm³/mol. The van der Waals surface area contributed by atoms with Crippen molar-refractivity contribution in [3.63, 3.8) is 0 Å². The Balaban J connectivity index is 1.96. The van der Waals surface area contributed by atoms with Gasteiger partial charge < -0.3 is 5.32 Å². The van der Waals surface area contributed by atoms with Crippen LogP contribution in [0.2, 0.25) is 0 Å². The monoisotopic (exact) mass is 367 g/mol. The molecule has 0 aromatic heterocycles. The molecule has 0 spiro atoms. The Kier molecular flexibility index (Phi) is 6.27. The zero-order valence-corrected chi connectivity index (χ0v) is 14.6. The molecule has 0 saturated carbocycles. The van der Waals surface area contributed by atoms with Gasteiger partial charge in [0.2, 0.25) is 0 Å². The molecule has 112 valence electrons. The second-order valence-electron chi connectivity index (χ2n) is 5.03. The van der Waals surface area contributed by atoms with Gasteiger partial charge in [0.15, 0.2) is 0 Å². The van der Waals surface area contributed by atoms with Crippen LogP contribution in [-0.4, -0.2) is 18.8 Å². The zero-order valence-electron chi connectivity index (χ0n) is 12.2. The largest absolute Gasteiger partial charge is 0.316 e. The third-order valence-corrected chi connectivity index (χ3v) is 5.15. The lowest BCUT2D eigenvalue weighted by atomic mass is 10.0. The van der Waals surface area contributed by atoms with Gasteiger partial charge in [0.1, 0.15) is 5.82 Å². The number of aryl methyl sites for hydroxylation is 1. The van der Waals surface area contributed by atoms with Gasteiger partial charge in [-0.1, -0.05) is 22.0 Å². The molecule has 2 aromatic carbocycles. The van der Waals surface area contributed by atoms with Gasteiger partial charge in [0, 0.05) is 21.2 Å². The molecule has 0 bridgehead atoms. The molecule has 0 fully saturated rings. The second-order valence-corrected chi connectivity index (χ2v) is 7.03. The minimum atomic E-state index is -0.161. The summed E-state index contributed by atoms with van der Waals surface area (Å²) >= 11 is 5.26. The summed E-state index contributed by atoms with van der Waals surface area (Å²) in [6.07, 6.45) is 0.837. The Morgan fingerprint density at radius 2 is 1.90 bits per heavy atom. The summed E-state index contributed by atoms with van der Waals surface area (Å²) < 4.78 is 14.5. The number of nitrogens with one attached hydrogen (secondary N) is 1. The van der Waals surface area contributed by atoms with E-state index in [4.69, 9.17) is 0 Å². The lowest BCUT2D eigenvalue weighted by molar-refractivity contribution is 0.601. The van der Waals surface area contributed by atoms with Crippen LogP contribution < -0.4 is 5.32 Å². The minimum Gasteiger partial charge on any atom is -0.316 e. The smallest absolute Gasteiger partial charge is 0.123 e. The third kappa shape index (κ3) is 5.13. The highest BCUT2D eigenvalue weighted by atomic mass is 79.9. The summed E-state index contributed by atoms with van der Waals surface area (Å²) in [5, 5.41) is 3.33. The van der Waals surface area contributed by atoms with Crippen molar-refractivity contribution in [3.05, 3.63) is 63.9 Å². The van der Waals surface area contributed by atoms with Crippen molar-refractivity contribution in [1.29, 1.82) is 0 Å². The number of thioether (sulfide) groups is 1. The zero-order chi connectivity index (χ0) is 15.2. The van der Waals surface area contributed by atoms with E-state index in [9.17, 15) is 4.39 Å². The molecule has 1 unspecified atom stereocenters. The van der Waals surface area contributed by atoms with Crippen molar-refractivity contribution in [2.24, 2.45) is 0 Å². The molecule has 0 aliphatic heterocycles. The number of hydrogen-bond donors (Lipinski definition) is 1. The summed E-state index contributed by atoms with van der Waals surface area (Å²) in [7, 11) is 1.96. The molecule has 4 heteroatoms. The predicted octanol–water partition coefficient (Wildman–Crippen LogP) is 4.82. The fourth-order valence-corrected chi connectivity index (χ4v) is 3.37. The maximum absolute atomic E-state index is 13.4. The van der Waals surface area contributed by atoms with Crippen molar-refractivity contribution in [3.8, 4) is 0 Å². The van der Waals surface area contributed by atoms with Gasteiger partial charge in [-0.25, -0.2) is 4.39 Å². The Morgan fingerprint density at radius 3 is 2.57 bits per heavy atom. The van der Waals surface area contributed by atoms with E-state index in [0.29, 0.717) is 6.04 Å². The van der Waals surface area contributed by atoms with E-state index in [1.54, 1.807) is 6.07 Å². The Labute approximate surface area is 138 Å². The average Bonchev–Trinajstić information content (AvgIpc) is 2.48. The molecule has 2 rings (SSSR count). The fraction of sp³-hybridized carbons (Fsp3) is 0.294. The molecular weight excluding hydrogens is 349 g/mol. The van der Waals surface area contributed by atoms with E-state index >= 15 is 0 Å². The first-order valence-corrected chi connectivity index (χ1v) is 8.67. The maximum Gasteiger partial charge on any atom is 0.123 e. The molecule has 1 N–H and O–H groups in total. The first kappa shape index (κ1) is 16.5. The quantitative estimate of drug-likeness (QED) is 0.734. The average molecular weight is 368 g/mol. The number of hydrogen-bond acceptors (Lipinski definition) is 2. The fourth-order valence-electron chi connectivity index (χ4n) is 2.10. The lowest BCUT2D eigenvalue weighted by Gasteiger charge is -2.17. The van der Waals surface area contributed by atoms with Crippen LogP contribution in [0, 0.1) is 12.7 Å². The van der Waals surface area contributed by atoms with Crippen LogP contribution >= 0.6 is 27.7 Å². The van der Waals surface area contributed by atoms with Crippen molar-refractivity contribution >= 4 is 27.7 Å². The van der Waals surface area contributed by atoms with Gasteiger partial charge in [-0.2, -0.15) is 0 Å². The van der Waals surface area contributed by atoms with Crippen LogP contribution in [0.4, 0.5) is 4.39 Å². The van der Waals surface area contributed by atoms with E-state index in [1.807, 2.05) is 43.9 Å². The second kappa shape index (κ2) is 7.97. The van der Waals surface area contributed by atoms with Crippen LogP contribution in [-0.2, 0) is 6.42 Å². The van der Waals surface area contributed by atoms with Crippen LogP contribution in [0.1, 0.15) is 11.1 Å². The van der Waals surface area contributed by atoms with Gasteiger partial charge in [-0.05, 0) is 67.9 Å². The highest BCUT2D eigenvalue weighted by molar-refractivity contribution is 9.10. The topological polar surface area (TPSA) is 12.0 Å². The number of benzene rings is 2. The molecule has 2 aromatic rings. The molecule has 1 nitrogen and oxygen atoms in total. The van der Waals surface area contributed by atoms with E-state index in [1.165, 1.54) is 11.0 Å². The summed E-state index contributed by atoms with van der Waals surface area (Å²) in [5.74, 6) is 0.791.